The Morgan fingerprint density at radius 2 is 2.10 bits per heavy atom. The van der Waals surface area contributed by atoms with E-state index in [4.69, 9.17) is 4.74 Å². The minimum Gasteiger partial charge on any atom is -0.494 e. The van der Waals surface area contributed by atoms with Crippen molar-refractivity contribution in [3.05, 3.63) is 39.8 Å². The van der Waals surface area contributed by atoms with Gasteiger partial charge in [0.1, 0.15) is 5.69 Å². The summed E-state index contributed by atoms with van der Waals surface area (Å²) in [6, 6.07) is 4.05. The number of methoxy groups -OCH3 is 1. The average Bonchev–Trinajstić information content (AvgIpc) is 2.45. The topological polar surface area (TPSA) is 90.2 Å². The second-order valence-corrected chi connectivity index (χ2v) is 4.19. The van der Waals surface area contributed by atoms with Crippen molar-refractivity contribution in [2.24, 2.45) is 0 Å². The van der Waals surface area contributed by atoms with Gasteiger partial charge in [0, 0.05) is 12.6 Å². The zero-order valence-corrected chi connectivity index (χ0v) is 11.7. The van der Waals surface area contributed by atoms with Gasteiger partial charge in [-0.15, -0.1) is 0 Å². The Kier molecular flexibility index (Phi) is 3.97. The van der Waals surface area contributed by atoms with Gasteiger partial charge in [0.05, 0.1) is 12.0 Å². The van der Waals surface area contributed by atoms with Crippen LogP contribution in [0.15, 0.2) is 18.2 Å². The Bertz CT molecular complexity index is 706. The number of benzene rings is 1. The molecule has 0 aliphatic rings. The number of hydrogen-bond donors (Lipinski definition) is 1. The van der Waals surface area contributed by atoms with Gasteiger partial charge in [0.2, 0.25) is 5.95 Å². The molecule has 1 aromatic carbocycles. The van der Waals surface area contributed by atoms with Gasteiger partial charge >= 0.3 is 5.69 Å². The van der Waals surface area contributed by atoms with E-state index in [1.807, 2.05) is 0 Å². The van der Waals surface area contributed by atoms with Crippen molar-refractivity contribution in [2.75, 3.05) is 19.5 Å². The number of ether oxygens (including phenoxy) is 1. The number of nitro groups is 1. The first kappa shape index (κ1) is 14.6. The van der Waals surface area contributed by atoms with Crippen molar-refractivity contribution in [3.63, 3.8) is 0 Å². The van der Waals surface area contributed by atoms with Crippen molar-refractivity contribution < 1.29 is 14.1 Å². The first-order chi connectivity index (χ1) is 9.97. The molecule has 0 bridgehead atoms. The number of nitrogens with one attached hydrogen (secondary N) is 1. The summed E-state index contributed by atoms with van der Waals surface area (Å²) < 4.78 is 18.6. The zero-order chi connectivity index (χ0) is 15.6. The van der Waals surface area contributed by atoms with Gasteiger partial charge in [-0.05, 0) is 25.1 Å². The molecule has 0 radical (unpaired) electrons. The number of nitrogens with zero attached hydrogens (tertiary/aromatic N) is 3. The quantitative estimate of drug-likeness (QED) is 0.688. The smallest absolute Gasteiger partial charge is 0.316 e. The molecule has 1 N–H and O–H groups in total. The second kappa shape index (κ2) is 5.70. The molecule has 0 aliphatic carbocycles. The fraction of sp³-hybridized carbons (Fsp3) is 0.231. The summed E-state index contributed by atoms with van der Waals surface area (Å²) in [6.07, 6.45) is 0. The van der Waals surface area contributed by atoms with Crippen molar-refractivity contribution >= 4 is 11.6 Å². The molecular formula is C13H13FN4O3. The minimum atomic E-state index is -0.619. The van der Waals surface area contributed by atoms with Crippen LogP contribution in [0.1, 0.15) is 5.69 Å². The van der Waals surface area contributed by atoms with E-state index in [2.05, 4.69) is 15.3 Å². The van der Waals surface area contributed by atoms with Crippen molar-refractivity contribution in [2.45, 2.75) is 6.92 Å². The lowest BCUT2D eigenvalue weighted by Crippen LogP contribution is -2.05. The predicted molar refractivity (Wildman–Crippen MR) is 74.9 cm³/mol. The summed E-state index contributed by atoms with van der Waals surface area (Å²) in [4.78, 5) is 18.7. The molecular weight excluding hydrogens is 279 g/mol. The normalized spacial score (nSPS) is 10.3. The molecule has 21 heavy (non-hydrogen) atoms. The molecule has 0 amide bonds. The molecule has 0 unspecified atom stereocenters. The largest absolute Gasteiger partial charge is 0.494 e. The van der Waals surface area contributed by atoms with Gasteiger partial charge in [-0.25, -0.2) is 14.4 Å². The van der Waals surface area contributed by atoms with Gasteiger partial charge in [-0.2, -0.15) is 0 Å². The minimum absolute atomic E-state index is 0.0541. The average molecular weight is 292 g/mol. The third kappa shape index (κ3) is 2.73. The highest BCUT2D eigenvalue weighted by Gasteiger charge is 2.23. The summed E-state index contributed by atoms with van der Waals surface area (Å²) in [5, 5.41) is 13.9. The van der Waals surface area contributed by atoms with Crippen LogP contribution in [-0.4, -0.2) is 29.0 Å². The van der Waals surface area contributed by atoms with E-state index in [-0.39, 0.29) is 34.3 Å². The molecule has 0 saturated carbocycles. The van der Waals surface area contributed by atoms with E-state index in [9.17, 15) is 14.5 Å². The summed E-state index contributed by atoms with van der Waals surface area (Å²) in [5.41, 5.74) is 0.282. The van der Waals surface area contributed by atoms with Gasteiger partial charge in [-0.3, -0.25) is 10.1 Å². The van der Waals surface area contributed by atoms with Crippen LogP contribution in [0.2, 0.25) is 0 Å². The predicted octanol–water partition coefficient (Wildman–Crippen LogP) is 2.55. The molecule has 0 aliphatic heterocycles. The number of aromatic nitrogens is 2. The summed E-state index contributed by atoms with van der Waals surface area (Å²) in [7, 11) is 2.94. The number of halogens is 1. The number of rotatable bonds is 4. The van der Waals surface area contributed by atoms with Crippen LogP contribution in [-0.2, 0) is 0 Å². The van der Waals surface area contributed by atoms with E-state index < -0.39 is 10.7 Å². The monoisotopic (exact) mass is 292 g/mol. The van der Waals surface area contributed by atoms with Crippen LogP contribution in [0.4, 0.5) is 16.0 Å². The fourth-order valence-corrected chi connectivity index (χ4v) is 1.91. The SMILES string of the molecule is CNc1nc(C)c([N+](=O)[O-])c(-c2ccc(OC)c(F)c2)n1. The molecule has 0 spiro atoms. The molecule has 1 heterocycles. The van der Waals surface area contributed by atoms with Crippen LogP contribution in [0.3, 0.4) is 0 Å². The van der Waals surface area contributed by atoms with Gasteiger partial charge in [0.25, 0.3) is 0 Å². The molecule has 0 saturated heterocycles. The Labute approximate surface area is 120 Å². The van der Waals surface area contributed by atoms with Crippen molar-refractivity contribution in [3.8, 4) is 17.0 Å². The standard InChI is InChI=1S/C13H13FN4O3/c1-7-12(18(19)20)11(17-13(15-2)16-7)8-4-5-10(21-3)9(14)6-8/h4-6H,1-3H3,(H,15,16,17). The summed E-state index contributed by atoms with van der Waals surface area (Å²) in [6.45, 7) is 1.50. The van der Waals surface area contributed by atoms with Crippen LogP contribution in [0, 0.1) is 22.9 Å². The van der Waals surface area contributed by atoms with Crippen molar-refractivity contribution in [1.82, 2.24) is 9.97 Å². The van der Waals surface area contributed by atoms with Gasteiger partial charge in [-0.1, -0.05) is 0 Å². The highest BCUT2D eigenvalue weighted by Crippen LogP contribution is 2.33. The third-order valence-corrected chi connectivity index (χ3v) is 2.89. The Morgan fingerprint density at radius 3 is 2.62 bits per heavy atom. The molecule has 8 heteroatoms. The fourth-order valence-electron chi connectivity index (χ4n) is 1.91. The molecule has 2 rings (SSSR count). The summed E-state index contributed by atoms with van der Waals surface area (Å²) in [5.74, 6) is -0.336. The van der Waals surface area contributed by atoms with E-state index in [0.717, 1.165) is 6.07 Å². The summed E-state index contributed by atoms with van der Waals surface area (Å²) >= 11 is 0. The van der Waals surface area contributed by atoms with Crippen LogP contribution in [0.5, 0.6) is 5.75 Å². The Balaban J connectivity index is 2.69. The molecule has 0 atom stereocenters. The molecule has 0 fully saturated rings. The maximum atomic E-state index is 13.8. The lowest BCUT2D eigenvalue weighted by atomic mass is 10.1. The van der Waals surface area contributed by atoms with E-state index >= 15 is 0 Å². The Hall–Kier alpha value is -2.77. The van der Waals surface area contributed by atoms with E-state index in [1.54, 1.807) is 7.05 Å². The number of aryl methyl sites for hydroxylation is 1. The van der Waals surface area contributed by atoms with Crippen molar-refractivity contribution in [1.29, 1.82) is 0 Å². The molecule has 110 valence electrons. The van der Waals surface area contributed by atoms with Crippen LogP contribution in [0.25, 0.3) is 11.3 Å². The van der Waals surface area contributed by atoms with Gasteiger partial charge < -0.3 is 10.1 Å². The molecule has 7 nitrogen and oxygen atoms in total. The maximum absolute atomic E-state index is 13.8. The van der Waals surface area contributed by atoms with Gasteiger partial charge in [0.15, 0.2) is 17.3 Å². The second-order valence-electron chi connectivity index (χ2n) is 4.19. The van der Waals surface area contributed by atoms with Crippen LogP contribution >= 0.6 is 0 Å². The first-order valence-electron chi connectivity index (χ1n) is 6.02. The lowest BCUT2D eigenvalue weighted by Gasteiger charge is -2.08. The van der Waals surface area contributed by atoms with Crippen LogP contribution < -0.4 is 10.1 Å². The first-order valence-corrected chi connectivity index (χ1v) is 6.02. The molecule has 2 aromatic rings. The third-order valence-electron chi connectivity index (χ3n) is 2.89. The Morgan fingerprint density at radius 1 is 1.38 bits per heavy atom. The van der Waals surface area contributed by atoms with E-state index in [1.165, 1.54) is 26.2 Å². The molecule has 1 aromatic heterocycles. The zero-order valence-electron chi connectivity index (χ0n) is 11.7. The number of hydrogen-bond acceptors (Lipinski definition) is 6. The highest BCUT2D eigenvalue weighted by atomic mass is 19.1. The van der Waals surface area contributed by atoms with E-state index in [0.29, 0.717) is 0 Å². The maximum Gasteiger partial charge on any atom is 0.316 e. The highest BCUT2D eigenvalue weighted by molar-refractivity contribution is 5.72. The number of anilines is 1. The lowest BCUT2D eigenvalue weighted by molar-refractivity contribution is -0.385.